The summed E-state index contributed by atoms with van der Waals surface area (Å²) in [6.45, 7) is 0.761. The summed E-state index contributed by atoms with van der Waals surface area (Å²) in [5, 5.41) is 4.97. The fourth-order valence-electron chi connectivity index (χ4n) is 2.11. The monoisotopic (exact) mass is 238 g/mol. The molecule has 0 bridgehead atoms. The van der Waals surface area contributed by atoms with Gasteiger partial charge in [-0.3, -0.25) is 4.79 Å². The number of carbonyl (C=O) groups is 1. The van der Waals surface area contributed by atoms with Gasteiger partial charge < -0.3 is 10.2 Å². The zero-order chi connectivity index (χ0) is 11.6. The maximum Gasteiger partial charge on any atom is 0.261 e. The summed E-state index contributed by atoms with van der Waals surface area (Å²) in [5.41, 5.74) is 0.201. The molecular weight excluding hydrogens is 220 g/mol. The number of carbonyl (C=O) groups excluding carboxylic acids is 1. The predicted molar refractivity (Wildman–Crippen MR) is 66.9 cm³/mol. The predicted octanol–water partition coefficient (Wildman–Crippen LogP) is 1.96. The SMILES string of the molecule is CN(C)C1(CNC(=O)c2cccs2)CCC1. The van der Waals surface area contributed by atoms with Crippen molar-refractivity contribution in [2.45, 2.75) is 24.8 Å². The van der Waals surface area contributed by atoms with Crippen molar-refractivity contribution in [2.24, 2.45) is 0 Å². The number of thiophene rings is 1. The highest BCUT2D eigenvalue weighted by molar-refractivity contribution is 7.12. The molecule has 88 valence electrons. The van der Waals surface area contributed by atoms with E-state index < -0.39 is 0 Å². The van der Waals surface area contributed by atoms with Crippen LogP contribution in [0.5, 0.6) is 0 Å². The average molecular weight is 238 g/mol. The minimum Gasteiger partial charge on any atom is -0.349 e. The standard InChI is InChI=1S/C12H18N2OS/c1-14(2)12(6-4-7-12)9-13-11(15)10-5-3-8-16-10/h3,5,8H,4,6-7,9H2,1-2H3,(H,13,15). The second-order valence-corrected chi connectivity index (χ2v) is 5.58. The lowest BCUT2D eigenvalue weighted by Crippen LogP contribution is -2.57. The lowest BCUT2D eigenvalue weighted by molar-refractivity contribution is 0.0559. The Hall–Kier alpha value is -0.870. The smallest absolute Gasteiger partial charge is 0.261 e. The minimum atomic E-state index is 0.0584. The maximum atomic E-state index is 11.8. The Morgan fingerprint density at radius 3 is 2.75 bits per heavy atom. The number of rotatable bonds is 4. The number of nitrogens with one attached hydrogen (secondary N) is 1. The highest BCUT2D eigenvalue weighted by Crippen LogP contribution is 2.35. The van der Waals surface area contributed by atoms with Crippen molar-refractivity contribution in [1.82, 2.24) is 10.2 Å². The van der Waals surface area contributed by atoms with Crippen LogP contribution in [0.2, 0.25) is 0 Å². The molecule has 1 amide bonds. The van der Waals surface area contributed by atoms with Crippen LogP contribution in [0.1, 0.15) is 28.9 Å². The van der Waals surface area contributed by atoms with Crippen LogP contribution in [0.3, 0.4) is 0 Å². The van der Waals surface area contributed by atoms with E-state index in [1.165, 1.54) is 30.6 Å². The molecule has 4 heteroatoms. The third kappa shape index (κ3) is 2.13. The first-order valence-electron chi connectivity index (χ1n) is 5.63. The number of hydrogen-bond acceptors (Lipinski definition) is 3. The van der Waals surface area contributed by atoms with E-state index in [1.54, 1.807) is 0 Å². The molecule has 1 aliphatic carbocycles. The Morgan fingerprint density at radius 2 is 2.31 bits per heavy atom. The molecule has 0 aromatic carbocycles. The van der Waals surface area contributed by atoms with Gasteiger partial charge in [0.1, 0.15) is 0 Å². The highest BCUT2D eigenvalue weighted by Gasteiger charge is 2.39. The van der Waals surface area contributed by atoms with Gasteiger partial charge in [0.2, 0.25) is 0 Å². The van der Waals surface area contributed by atoms with Crippen LogP contribution in [0.4, 0.5) is 0 Å². The van der Waals surface area contributed by atoms with Crippen molar-refractivity contribution in [3.63, 3.8) is 0 Å². The summed E-state index contributed by atoms with van der Waals surface area (Å²) in [6, 6.07) is 3.77. The highest BCUT2D eigenvalue weighted by atomic mass is 32.1. The van der Waals surface area contributed by atoms with Gasteiger partial charge in [-0.1, -0.05) is 6.07 Å². The fourth-order valence-corrected chi connectivity index (χ4v) is 2.75. The maximum absolute atomic E-state index is 11.8. The van der Waals surface area contributed by atoms with Crippen LogP contribution in [0.15, 0.2) is 17.5 Å². The first kappa shape index (κ1) is 11.6. The van der Waals surface area contributed by atoms with Crippen LogP contribution in [-0.2, 0) is 0 Å². The molecule has 2 rings (SSSR count). The van der Waals surface area contributed by atoms with Gasteiger partial charge in [-0.2, -0.15) is 0 Å². The molecule has 1 heterocycles. The Labute approximate surface area is 100 Å². The van der Waals surface area contributed by atoms with Crippen molar-refractivity contribution in [2.75, 3.05) is 20.6 Å². The van der Waals surface area contributed by atoms with Crippen molar-refractivity contribution in [3.05, 3.63) is 22.4 Å². The van der Waals surface area contributed by atoms with E-state index in [4.69, 9.17) is 0 Å². The van der Waals surface area contributed by atoms with E-state index in [9.17, 15) is 4.79 Å². The van der Waals surface area contributed by atoms with Crippen LogP contribution < -0.4 is 5.32 Å². The molecule has 0 atom stereocenters. The molecule has 1 aromatic rings. The van der Waals surface area contributed by atoms with Crippen molar-refractivity contribution >= 4 is 17.2 Å². The summed E-state index contributed by atoms with van der Waals surface area (Å²) in [6.07, 6.45) is 3.64. The molecule has 1 fully saturated rings. The number of nitrogens with zero attached hydrogens (tertiary/aromatic N) is 1. The fraction of sp³-hybridized carbons (Fsp3) is 0.583. The molecule has 16 heavy (non-hydrogen) atoms. The van der Waals surface area contributed by atoms with Crippen LogP contribution >= 0.6 is 11.3 Å². The molecule has 3 nitrogen and oxygen atoms in total. The molecule has 0 spiro atoms. The first-order valence-corrected chi connectivity index (χ1v) is 6.51. The molecule has 1 saturated carbocycles. The lowest BCUT2D eigenvalue weighted by Gasteiger charge is -2.47. The third-order valence-corrected chi connectivity index (χ3v) is 4.42. The van der Waals surface area contributed by atoms with Gasteiger partial charge in [0.25, 0.3) is 5.91 Å². The second-order valence-electron chi connectivity index (χ2n) is 4.63. The van der Waals surface area contributed by atoms with Gasteiger partial charge in [0.15, 0.2) is 0 Å². The quantitative estimate of drug-likeness (QED) is 0.869. The zero-order valence-electron chi connectivity index (χ0n) is 9.82. The molecule has 1 aromatic heterocycles. The van der Waals surface area contributed by atoms with Crippen molar-refractivity contribution in [1.29, 1.82) is 0 Å². The normalized spacial score (nSPS) is 18.2. The molecule has 1 aliphatic rings. The van der Waals surface area contributed by atoms with E-state index in [2.05, 4.69) is 24.3 Å². The van der Waals surface area contributed by atoms with E-state index in [-0.39, 0.29) is 11.4 Å². The van der Waals surface area contributed by atoms with Crippen molar-refractivity contribution < 1.29 is 4.79 Å². The molecule has 0 unspecified atom stereocenters. The first-order chi connectivity index (χ1) is 7.64. The number of hydrogen-bond donors (Lipinski definition) is 1. The second kappa shape index (κ2) is 4.55. The zero-order valence-corrected chi connectivity index (χ0v) is 10.6. The number of likely N-dealkylation sites (N-methyl/N-ethyl adjacent to an activating group) is 1. The van der Waals surface area contributed by atoms with Gasteiger partial charge >= 0.3 is 0 Å². The Kier molecular flexibility index (Phi) is 3.30. The molecular formula is C12H18N2OS. The van der Waals surface area contributed by atoms with Crippen LogP contribution in [0.25, 0.3) is 0 Å². The third-order valence-electron chi connectivity index (χ3n) is 3.56. The van der Waals surface area contributed by atoms with Gasteiger partial charge in [-0.05, 0) is 44.8 Å². The van der Waals surface area contributed by atoms with Crippen LogP contribution in [0, 0.1) is 0 Å². The largest absolute Gasteiger partial charge is 0.349 e. The summed E-state index contributed by atoms with van der Waals surface area (Å²) < 4.78 is 0. The summed E-state index contributed by atoms with van der Waals surface area (Å²) >= 11 is 1.49. The van der Waals surface area contributed by atoms with E-state index >= 15 is 0 Å². The molecule has 1 N–H and O–H groups in total. The van der Waals surface area contributed by atoms with Gasteiger partial charge in [-0.25, -0.2) is 0 Å². The van der Waals surface area contributed by atoms with Crippen LogP contribution in [-0.4, -0.2) is 37.0 Å². The average Bonchev–Trinajstić information content (AvgIpc) is 2.67. The molecule has 0 saturated heterocycles. The molecule has 0 aliphatic heterocycles. The van der Waals surface area contributed by atoms with Gasteiger partial charge in [-0.15, -0.1) is 11.3 Å². The van der Waals surface area contributed by atoms with E-state index in [1.807, 2.05) is 17.5 Å². The van der Waals surface area contributed by atoms with E-state index in [0.717, 1.165) is 11.4 Å². The summed E-state index contributed by atoms with van der Waals surface area (Å²) in [4.78, 5) is 14.8. The van der Waals surface area contributed by atoms with Crippen molar-refractivity contribution in [3.8, 4) is 0 Å². The minimum absolute atomic E-state index is 0.0584. The van der Waals surface area contributed by atoms with E-state index in [0.29, 0.717) is 0 Å². The lowest BCUT2D eigenvalue weighted by atomic mass is 9.75. The number of amides is 1. The Bertz CT molecular complexity index is 355. The van der Waals surface area contributed by atoms with Gasteiger partial charge in [0, 0.05) is 12.1 Å². The Morgan fingerprint density at radius 1 is 1.56 bits per heavy atom. The summed E-state index contributed by atoms with van der Waals surface area (Å²) in [7, 11) is 4.19. The molecule has 0 radical (unpaired) electrons. The Balaban J connectivity index is 1.90. The topological polar surface area (TPSA) is 32.3 Å². The van der Waals surface area contributed by atoms with Gasteiger partial charge in [0.05, 0.1) is 4.88 Å². The summed E-state index contributed by atoms with van der Waals surface area (Å²) in [5.74, 6) is 0.0584.